The molecule has 18 heavy (non-hydrogen) atoms. The van der Waals surface area contributed by atoms with Crippen LogP contribution in [0.5, 0.6) is 0 Å². The summed E-state index contributed by atoms with van der Waals surface area (Å²) in [4.78, 5) is 22.1. The quantitative estimate of drug-likeness (QED) is 0.649. The molecular weight excluding hydrogens is 278 g/mol. The number of nitrogens with one attached hydrogen (secondary N) is 2. The lowest BCUT2D eigenvalue weighted by Crippen LogP contribution is -2.29. The summed E-state index contributed by atoms with van der Waals surface area (Å²) in [5.41, 5.74) is 0. The van der Waals surface area contributed by atoms with Crippen LogP contribution in [0.4, 0.5) is 5.00 Å². The fraction of sp³-hybridized carbons (Fsp3) is 0.500. The van der Waals surface area contributed by atoms with Crippen LogP contribution in [0, 0.1) is 16.0 Å². The number of halogens is 1. The van der Waals surface area contributed by atoms with E-state index >= 15 is 0 Å². The number of carbonyl (C=O) groups is 1. The molecule has 1 fully saturated rings. The van der Waals surface area contributed by atoms with Crippen LogP contribution in [0.3, 0.4) is 0 Å². The average molecular weight is 292 g/mol. The van der Waals surface area contributed by atoms with E-state index in [1.165, 1.54) is 12.1 Å². The molecule has 1 amide bonds. The second-order valence-electron chi connectivity index (χ2n) is 3.96. The predicted molar refractivity (Wildman–Crippen MR) is 71.5 cm³/mol. The van der Waals surface area contributed by atoms with Crippen LogP contribution >= 0.6 is 23.7 Å². The van der Waals surface area contributed by atoms with Crippen molar-refractivity contribution in [1.82, 2.24) is 10.6 Å². The molecule has 0 aromatic carbocycles. The topological polar surface area (TPSA) is 84.3 Å². The molecule has 8 heteroatoms. The van der Waals surface area contributed by atoms with Crippen molar-refractivity contribution in [2.24, 2.45) is 5.92 Å². The molecule has 6 nitrogen and oxygen atoms in total. The fourth-order valence-electron chi connectivity index (χ4n) is 1.76. The standard InChI is InChI=1S/C10H13N3O3S.ClH/c14-10(12-6-7-3-4-11-5-7)8-1-2-9(17-8)13(15)16;/h1-2,7,11H,3-6H2,(H,12,14);1H. The van der Waals surface area contributed by atoms with E-state index in [9.17, 15) is 14.9 Å². The van der Waals surface area contributed by atoms with Crippen molar-refractivity contribution >= 4 is 34.7 Å². The summed E-state index contributed by atoms with van der Waals surface area (Å²) in [5.74, 6) is 0.240. The maximum atomic E-state index is 11.7. The third kappa shape index (κ3) is 3.66. The summed E-state index contributed by atoms with van der Waals surface area (Å²) in [6.45, 7) is 2.54. The van der Waals surface area contributed by atoms with Crippen LogP contribution in [-0.2, 0) is 0 Å². The molecule has 0 radical (unpaired) electrons. The number of rotatable bonds is 4. The Hall–Kier alpha value is -1.18. The first-order chi connectivity index (χ1) is 8.16. The van der Waals surface area contributed by atoms with Gasteiger partial charge in [-0.25, -0.2) is 0 Å². The van der Waals surface area contributed by atoms with E-state index in [4.69, 9.17) is 0 Å². The number of amides is 1. The Kier molecular flexibility index (Phi) is 5.52. The third-order valence-electron chi connectivity index (χ3n) is 2.71. The van der Waals surface area contributed by atoms with Gasteiger partial charge in [0.05, 0.1) is 9.80 Å². The zero-order valence-electron chi connectivity index (χ0n) is 9.55. The zero-order chi connectivity index (χ0) is 12.3. The van der Waals surface area contributed by atoms with Gasteiger partial charge in [0.15, 0.2) is 0 Å². The highest BCUT2D eigenvalue weighted by atomic mass is 35.5. The van der Waals surface area contributed by atoms with Gasteiger partial charge >= 0.3 is 5.00 Å². The Labute approximate surface area is 114 Å². The molecule has 1 saturated heterocycles. The van der Waals surface area contributed by atoms with Gasteiger partial charge in [-0.15, -0.1) is 12.4 Å². The van der Waals surface area contributed by atoms with Crippen molar-refractivity contribution in [2.45, 2.75) is 6.42 Å². The highest BCUT2D eigenvalue weighted by Crippen LogP contribution is 2.23. The molecule has 0 aliphatic carbocycles. The first-order valence-electron chi connectivity index (χ1n) is 5.40. The maximum absolute atomic E-state index is 11.7. The molecule has 1 aliphatic heterocycles. The Morgan fingerprint density at radius 1 is 1.61 bits per heavy atom. The highest BCUT2D eigenvalue weighted by Gasteiger charge is 2.18. The maximum Gasteiger partial charge on any atom is 0.324 e. The summed E-state index contributed by atoms with van der Waals surface area (Å²) in [7, 11) is 0. The van der Waals surface area contributed by atoms with Crippen molar-refractivity contribution in [3.8, 4) is 0 Å². The van der Waals surface area contributed by atoms with E-state index in [-0.39, 0.29) is 23.3 Å². The van der Waals surface area contributed by atoms with Gasteiger partial charge in [-0.3, -0.25) is 14.9 Å². The van der Waals surface area contributed by atoms with E-state index in [0.717, 1.165) is 30.8 Å². The van der Waals surface area contributed by atoms with Gasteiger partial charge < -0.3 is 10.6 Å². The molecule has 1 aromatic rings. The van der Waals surface area contributed by atoms with Gasteiger partial charge in [-0.2, -0.15) is 0 Å². The molecule has 2 N–H and O–H groups in total. The molecule has 1 atom stereocenters. The molecule has 0 spiro atoms. The Morgan fingerprint density at radius 2 is 2.39 bits per heavy atom. The van der Waals surface area contributed by atoms with Crippen molar-refractivity contribution in [3.05, 3.63) is 27.1 Å². The minimum atomic E-state index is -0.484. The van der Waals surface area contributed by atoms with E-state index < -0.39 is 4.92 Å². The number of carbonyl (C=O) groups excluding carboxylic acids is 1. The lowest BCUT2D eigenvalue weighted by molar-refractivity contribution is -0.380. The number of thiophene rings is 1. The van der Waals surface area contributed by atoms with Crippen molar-refractivity contribution < 1.29 is 9.72 Å². The van der Waals surface area contributed by atoms with E-state index in [1.807, 2.05) is 0 Å². The highest BCUT2D eigenvalue weighted by molar-refractivity contribution is 7.17. The van der Waals surface area contributed by atoms with Gasteiger partial charge in [0, 0.05) is 12.6 Å². The van der Waals surface area contributed by atoms with Crippen LogP contribution in [-0.4, -0.2) is 30.5 Å². The van der Waals surface area contributed by atoms with Crippen LogP contribution in [0.1, 0.15) is 16.1 Å². The van der Waals surface area contributed by atoms with Gasteiger partial charge in [-0.1, -0.05) is 11.3 Å². The Bertz CT molecular complexity index is 432. The molecule has 1 aromatic heterocycles. The summed E-state index contributed by atoms with van der Waals surface area (Å²) >= 11 is 0.905. The van der Waals surface area contributed by atoms with E-state index in [2.05, 4.69) is 10.6 Å². The van der Waals surface area contributed by atoms with Crippen LogP contribution in [0.25, 0.3) is 0 Å². The fourth-order valence-corrected chi connectivity index (χ4v) is 2.50. The van der Waals surface area contributed by atoms with Gasteiger partial charge in [0.1, 0.15) is 0 Å². The number of nitrogens with zero attached hydrogens (tertiary/aromatic N) is 1. The van der Waals surface area contributed by atoms with Crippen molar-refractivity contribution in [2.75, 3.05) is 19.6 Å². The van der Waals surface area contributed by atoms with Crippen molar-refractivity contribution in [3.63, 3.8) is 0 Å². The lowest BCUT2D eigenvalue weighted by atomic mass is 10.1. The molecule has 2 heterocycles. The number of hydrogen-bond donors (Lipinski definition) is 2. The molecule has 2 rings (SSSR count). The van der Waals surface area contributed by atoms with Gasteiger partial charge in [0.2, 0.25) is 0 Å². The predicted octanol–water partition coefficient (Wildman–Crippen LogP) is 1.42. The molecule has 1 aliphatic rings. The summed E-state index contributed by atoms with van der Waals surface area (Å²) < 4.78 is 0. The zero-order valence-corrected chi connectivity index (χ0v) is 11.2. The normalized spacial score (nSPS) is 18.1. The molecular formula is C10H14ClN3O3S. The second-order valence-corrected chi connectivity index (χ2v) is 5.03. The summed E-state index contributed by atoms with van der Waals surface area (Å²) in [5, 5.41) is 16.5. The van der Waals surface area contributed by atoms with E-state index in [0.29, 0.717) is 17.3 Å². The Balaban J connectivity index is 0.00000162. The summed E-state index contributed by atoms with van der Waals surface area (Å²) in [6, 6.07) is 2.85. The van der Waals surface area contributed by atoms with Crippen molar-refractivity contribution in [1.29, 1.82) is 0 Å². The van der Waals surface area contributed by atoms with Crippen LogP contribution in [0.2, 0.25) is 0 Å². The monoisotopic (exact) mass is 291 g/mol. The largest absolute Gasteiger partial charge is 0.351 e. The average Bonchev–Trinajstić information content (AvgIpc) is 2.96. The minimum Gasteiger partial charge on any atom is -0.351 e. The molecule has 100 valence electrons. The van der Waals surface area contributed by atoms with Crippen LogP contribution in [0.15, 0.2) is 12.1 Å². The van der Waals surface area contributed by atoms with Crippen LogP contribution < -0.4 is 10.6 Å². The van der Waals surface area contributed by atoms with Gasteiger partial charge in [-0.05, 0) is 31.5 Å². The van der Waals surface area contributed by atoms with Gasteiger partial charge in [0.25, 0.3) is 5.91 Å². The minimum absolute atomic E-state index is 0. The Morgan fingerprint density at radius 3 is 2.94 bits per heavy atom. The number of nitro groups is 1. The summed E-state index contributed by atoms with van der Waals surface area (Å²) in [6.07, 6.45) is 1.06. The second kappa shape index (κ2) is 6.67. The molecule has 0 saturated carbocycles. The molecule has 1 unspecified atom stereocenters. The third-order valence-corrected chi connectivity index (χ3v) is 3.74. The number of hydrogen-bond acceptors (Lipinski definition) is 5. The first-order valence-corrected chi connectivity index (χ1v) is 6.21. The molecule has 0 bridgehead atoms. The smallest absolute Gasteiger partial charge is 0.324 e. The van der Waals surface area contributed by atoms with E-state index in [1.54, 1.807) is 0 Å². The first kappa shape index (κ1) is 14.9. The lowest BCUT2D eigenvalue weighted by Gasteiger charge is -2.08. The SMILES string of the molecule is Cl.O=C(NCC1CCNC1)c1ccc([N+](=O)[O-])s1.